The Morgan fingerprint density at radius 3 is 2.43 bits per heavy atom. The van der Waals surface area contributed by atoms with Crippen molar-refractivity contribution < 1.29 is 4.74 Å². The lowest BCUT2D eigenvalue weighted by Crippen LogP contribution is -2.49. The zero-order valence-corrected chi connectivity index (χ0v) is 14.5. The summed E-state index contributed by atoms with van der Waals surface area (Å²) in [4.78, 5) is 2.41. The maximum atomic E-state index is 6.46. The Morgan fingerprint density at radius 1 is 1.00 bits per heavy atom. The second-order valence-electron chi connectivity index (χ2n) is 6.04. The van der Waals surface area contributed by atoms with Crippen LogP contribution < -0.4 is 10.5 Å². The molecule has 2 aromatic carbocycles. The fourth-order valence-corrected chi connectivity index (χ4v) is 3.73. The van der Waals surface area contributed by atoms with Crippen molar-refractivity contribution in [2.75, 3.05) is 19.6 Å². The molecule has 1 spiro atoms. The summed E-state index contributed by atoms with van der Waals surface area (Å²) in [6, 6.07) is 17.1. The molecule has 3 nitrogen and oxygen atoms in total. The number of benzene rings is 2. The molecule has 2 aliphatic rings. The van der Waals surface area contributed by atoms with Gasteiger partial charge >= 0.3 is 0 Å². The number of ether oxygens (including phenoxy) is 1. The van der Waals surface area contributed by atoms with Crippen LogP contribution in [0.25, 0.3) is 0 Å². The van der Waals surface area contributed by atoms with Crippen LogP contribution in [0.4, 0.5) is 0 Å². The molecule has 2 heterocycles. The molecule has 1 atom stereocenters. The smallest absolute Gasteiger partial charge is 0.151 e. The van der Waals surface area contributed by atoms with Crippen LogP contribution in [0.15, 0.2) is 48.5 Å². The van der Waals surface area contributed by atoms with Gasteiger partial charge in [-0.15, -0.1) is 24.8 Å². The third-order valence-electron chi connectivity index (χ3n) is 4.58. The molecule has 0 radical (unpaired) electrons. The Bertz CT molecular complexity index is 653. The maximum Gasteiger partial charge on any atom is 0.151 e. The molecule has 0 saturated heterocycles. The fraction of sp³-hybridized carbons (Fsp3) is 0.333. The van der Waals surface area contributed by atoms with Gasteiger partial charge in [-0.1, -0.05) is 42.5 Å². The van der Waals surface area contributed by atoms with Crippen LogP contribution in [0.3, 0.4) is 0 Å². The van der Waals surface area contributed by atoms with Gasteiger partial charge in [0.25, 0.3) is 0 Å². The van der Waals surface area contributed by atoms with Crippen molar-refractivity contribution in [3.8, 4) is 5.75 Å². The highest BCUT2D eigenvalue weighted by Crippen LogP contribution is 2.45. The molecule has 5 heteroatoms. The van der Waals surface area contributed by atoms with Crippen LogP contribution in [0.5, 0.6) is 5.75 Å². The van der Waals surface area contributed by atoms with Gasteiger partial charge in [-0.3, -0.25) is 4.90 Å². The van der Waals surface area contributed by atoms with E-state index in [1.54, 1.807) is 0 Å². The van der Waals surface area contributed by atoms with Crippen LogP contribution in [0.2, 0.25) is 0 Å². The van der Waals surface area contributed by atoms with E-state index < -0.39 is 0 Å². The van der Waals surface area contributed by atoms with Gasteiger partial charge in [-0.25, -0.2) is 0 Å². The molecule has 2 aromatic rings. The van der Waals surface area contributed by atoms with Crippen LogP contribution in [-0.2, 0) is 18.6 Å². The van der Waals surface area contributed by atoms with E-state index in [1.165, 1.54) is 16.7 Å². The number of hydrogen-bond donors (Lipinski definition) is 1. The Morgan fingerprint density at radius 2 is 1.70 bits per heavy atom. The molecule has 2 N–H and O–H groups in total. The largest absolute Gasteiger partial charge is 0.481 e. The Balaban J connectivity index is 0.000000960. The van der Waals surface area contributed by atoms with E-state index in [4.69, 9.17) is 10.5 Å². The van der Waals surface area contributed by atoms with Gasteiger partial charge < -0.3 is 10.5 Å². The quantitative estimate of drug-likeness (QED) is 0.902. The van der Waals surface area contributed by atoms with Gasteiger partial charge in [0.2, 0.25) is 0 Å². The third kappa shape index (κ3) is 3.07. The lowest BCUT2D eigenvalue weighted by molar-refractivity contribution is 0.0269. The van der Waals surface area contributed by atoms with E-state index in [-0.39, 0.29) is 30.4 Å². The predicted octanol–water partition coefficient (Wildman–Crippen LogP) is 3.13. The molecular formula is C18H22Cl2N2O. The second kappa shape index (κ2) is 7.10. The van der Waals surface area contributed by atoms with Gasteiger partial charge in [-0.05, 0) is 17.2 Å². The summed E-state index contributed by atoms with van der Waals surface area (Å²) in [5.74, 6) is 1.03. The van der Waals surface area contributed by atoms with Crippen molar-refractivity contribution in [1.29, 1.82) is 0 Å². The summed E-state index contributed by atoms with van der Waals surface area (Å²) in [5.41, 5.74) is 9.54. The predicted molar refractivity (Wildman–Crippen MR) is 97.7 cm³/mol. The van der Waals surface area contributed by atoms with Gasteiger partial charge in [0.1, 0.15) is 5.75 Å². The number of nitrogens with two attached hydrogens (primary N) is 1. The summed E-state index contributed by atoms with van der Waals surface area (Å²) in [5, 5.41) is 0. The number of rotatable bonds is 2. The van der Waals surface area contributed by atoms with Crippen molar-refractivity contribution in [2.45, 2.75) is 18.6 Å². The molecule has 0 amide bonds. The van der Waals surface area contributed by atoms with E-state index in [1.807, 2.05) is 6.07 Å². The second-order valence-corrected chi connectivity index (χ2v) is 6.04. The number of hydrogen-bond acceptors (Lipinski definition) is 3. The van der Waals surface area contributed by atoms with Crippen molar-refractivity contribution in [1.82, 2.24) is 4.90 Å². The zero-order chi connectivity index (χ0) is 14.3. The van der Waals surface area contributed by atoms with Crippen molar-refractivity contribution >= 4 is 24.8 Å². The summed E-state index contributed by atoms with van der Waals surface area (Å²) in [6.45, 7) is 3.48. The monoisotopic (exact) mass is 352 g/mol. The Hall–Kier alpha value is -1.26. The number of para-hydroxylation sites is 1. The van der Waals surface area contributed by atoms with Gasteiger partial charge in [-0.2, -0.15) is 0 Å². The SMILES string of the molecule is Cl.Cl.NCCN1Cc2ccccc2C2(Cc3ccccc3O2)C1. The molecule has 0 bridgehead atoms. The molecule has 23 heavy (non-hydrogen) atoms. The average Bonchev–Trinajstić information content (AvgIpc) is 2.86. The van der Waals surface area contributed by atoms with E-state index in [0.717, 1.165) is 31.8 Å². The van der Waals surface area contributed by atoms with E-state index >= 15 is 0 Å². The molecular weight excluding hydrogens is 331 g/mol. The van der Waals surface area contributed by atoms with E-state index in [9.17, 15) is 0 Å². The van der Waals surface area contributed by atoms with Crippen LogP contribution in [-0.4, -0.2) is 24.5 Å². The lowest BCUT2D eigenvalue weighted by atomic mass is 9.82. The zero-order valence-electron chi connectivity index (χ0n) is 12.9. The highest BCUT2D eigenvalue weighted by Gasteiger charge is 2.45. The van der Waals surface area contributed by atoms with Crippen molar-refractivity contribution in [3.05, 3.63) is 65.2 Å². The summed E-state index contributed by atoms with van der Waals surface area (Å²) >= 11 is 0. The average molecular weight is 353 g/mol. The maximum absolute atomic E-state index is 6.46. The van der Waals surface area contributed by atoms with Crippen LogP contribution in [0, 0.1) is 0 Å². The number of nitrogens with zero attached hydrogens (tertiary/aromatic N) is 1. The minimum atomic E-state index is -0.242. The summed E-state index contributed by atoms with van der Waals surface area (Å²) < 4.78 is 6.46. The lowest BCUT2D eigenvalue weighted by Gasteiger charge is -2.41. The highest BCUT2D eigenvalue weighted by atomic mass is 35.5. The summed E-state index contributed by atoms with van der Waals surface area (Å²) in [7, 11) is 0. The van der Waals surface area contributed by atoms with Gasteiger partial charge in [0, 0.05) is 38.2 Å². The standard InChI is InChI=1S/C18H20N2O.2ClH/c19-9-10-20-12-15-6-1-3-7-16(15)18(13-20)11-14-5-2-4-8-17(14)21-18;;/h1-8H,9-13,19H2;2*1H. The van der Waals surface area contributed by atoms with Crippen molar-refractivity contribution in [2.24, 2.45) is 5.73 Å². The first-order chi connectivity index (χ1) is 10.3. The molecule has 0 aliphatic carbocycles. The van der Waals surface area contributed by atoms with Gasteiger partial charge in [0.05, 0.1) is 0 Å². The first-order valence-corrected chi connectivity index (χ1v) is 7.58. The first kappa shape index (κ1) is 18.1. The minimum Gasteiger partial charge on any atom is -0.481 e. The number of halogens is 2. The molecule has 0 saturated carbocycles. The van der Waals surface area contributed by atoms with Crippen LogP contribution in [0.1, 0.15) is 16.7 Å². The Labute approximate surface area is 149 Å². The molecule has 2 aliphatic heterocycles. The normalized spacial score (nSPS) is 21.6. The highest BCUT2D eigenvalue weighted by molar-refractivity contribution is 5.85. The molecule has 124 valence electrons. The van der Waals surface area contributed by atoms with Gasteiger partial charge in [0.15, 0.2) is 5.60 Å². The first-order valence-electron chi connectivity index (χ1n) is 7.58. The van der Waals surface area contributed by atoms with E-state index in [2.05, 4.69) is 47.4 Å². The number of fused-ring (bicyclic) bond motifs is 3. The molecule has 4 rings (SSSR count). The van der Waals surface area contributed by atoms with Crippen molar-refractivity contribution in [3.63, 3.8) is 0 Å². The molecule has 1 unspecified atom stereocenters. The topological polar surface area (TPSA) is 38.5 Å². The third-order valence-corrected chi connectivity index (χ3v) is 4.58. The van der Waals surface area contributed by atoms with Crippen LogP contribution >= 0.6 is 24.8 Å². The molecule has 0 aromatic heterocycles. The Kier molecular flexibility index (Phi) is 5.58. The van der Waals surface area contributed by atoms with E-state index in [0.29, 0.717) is 6.54 Å². The molecule has 0 fully saturated rings. The summed E-state index contributed by atoms with van der Waals surface area (Å²) in [6.07, 6.45) is 0.946. The fourth-order valence-electron chi connectivity index (χ4n) is 3.73. The minimum absolute atomic E-state index is 0.